The van der Waals surface area contributed by atoms with Crippen LogP contribution in [0.4, 0.5) is 0 Å². The van der Waals surface area contributed by atoms with Gasteiger partial charge in [0.2, 0.25) is 10.0 Å². The second-order valence-electron chi connectivity index (χ2n) is 3.73. The number of nitrogens with zero attached hydrogens (tertiary/aromatic N) is 2. The Morgan fingerprint density at radius 3 is 2.73 bits per heavy atom. The third kappa shape index (κ3) is 2.53. The van der Waals surface area contributed by atoms with E-state index in [0.29, 0.717) is 19.6 Å². The first-order valence-electron chi connectivity index (χ1n) is 4.69. The number of hydrogen-bond donors (Lipinski definition) is 1. The van der Waals surface area contributed by atoms with E-state index >= 15 is 0 Å². The van der Waals surface area contributed by atoms with Crippen molar-refractivity contribution in [3.8, 4) is 0 Å². The Bertz CT molecular complexity index is 426. The van der Waals surface area contributed by atoms with Crippen LogP contribution in [0.1, 0.15) is 5.69 Å². The van der Waals surface area contributed by atoms with Crippen molar-refractivity contribution in [2.24, 2.45) is 5.14 Å². The molecule has 0 amide bonds. The fraction of sp³-hybridized carbons (Fsp3) is 0.444. The van der Waals surface area contributed by atoms with Crippen molar-refractivity contribution < 1.29 is 8.42 Å². The minimum absolute atomic E-state index is 0.402. The molecule has 0 aliphatic carbocycles. The lowest BCUT2D eigenvalue weighted by Crippen LogP contribution is -2.55. The molecule has 1 aromatic rings. The molecule has 1 aliphatic heterocycles. The fourth-order valence-corrected chi connectivity index (χ4v) is 2.42. The molecule has 82 valence electrons. The van der Waals surface area contributed by atoms with E-state index in [-0.39, 0.29) is 0 Å². The van der Waals surface area contributed by atoms with Crippen molar-refractivity contribution in [3.05, 3.63) is 30.1 Å². The maximum atomic E-state index is 10.9. The van der Waals surface area contributed by atoms with Crippen molar-refractivity contribution >= 4 is 10.0 Å². The van der Waals surface area contributed by atoms with Crippen LogP contribution in [0, 0.1) is 0 Å². The van der Waals surface area contributed by atoms with Crippen LogP contribution in [-0.2, 0) is 16.6 Å². The van der Waals surface area contributed by atoms with E-state index in [9.17, 15) is 8.42 Å². The molecule has 0 spiro atoms. The lowest BCUT2D eigenvalue weighted by molar-refractivity contribution is 0.174. The van der Waals surface area contributed by atoms with Gasteiger partial charge in [-0.25, -0.2) is 13.6 Å². The topological polar surface area (TPSA) is 76.3 Å². The first-order chi connectivity index (χ1) is 7.05. The average molecular weight is 227 g/mol. The zero-order valence-electron chi connectivity index (χ0n) is 8.20. The number of aromatic nitrogens is 1. The molecule has 2 N–H and O–H groups in total. The van der Waals surface area contributed by atoms with Crippen molar-refractivity contribution in [2.75, 3.05) is 13.1 Å². The van der Waals surface area contributed by atoms with Gasteiger partial charge in [0.1, 0.15) is 5.25 Å². The van der Waals surface area contributed by atoms with Crippen molar-refractivity contribution in [2.45, 2.75) is 11.8 Å². The molecule has 6 heteroatoms. The van der Waals surface area contributed by atoms with Gasteiger partial charge in [0, 0.05) is 25.8 Å². The zero-order chi connectivity index (χ0) is 10.9. The van der Waals surface area contributed by atoms with Crippen molar-refractivity contribution in [1.82, 2.24) is 9.88 Å². The molecule has 0 radical (unpaired) electrons. The van der Waals surface area contributed by atoms with Gasteiger partial charge < -0.3 is 0 Å². The van der Waals surface area contributed by atoms with Gasteiger partial charge in [0.25, 0.3) is 0 Å². The molecule has 2 heterocycles. The Morgan fingerprint density at radius 1 is 1.47 bits per heavy atom. The van der Waals surface area contributed by atoms with Crippen LogP contribution >= 0.6 is 0 Å². The van der Waals surface area contributed by atoms with Gasteiger partial charge in [-0.2, -0.15) is 0 Å². The predicted octanol–water partition coefficient (Wildman–Crippen LogP) is -0.446. The third-order valence-electron chi connectivity index (χ3n) is 2.50. The molecule has 2 rings (SSSR count). The normalized spacial score (nSPS) is 18.7. The van der Waals surface area contributed by atoms with Gasteiger partial charge >= 0.3 is 0 Å². The Hall–Kier alpha value is -0.980. The van der Waals surface area contributed by atoms with Crippen LogP contribution in [0.3, 0.4) is 0 Å². The first-order valence-corrected chi connectivity index (χ1v) is 6.30. The van der Waals surface area contributed by atoms with E-state index in [1.54, 1.807) is 6.20 Å². The van der Waals surface area contributed by atoms with Gasteiger partial charge in [0.15, 0.2) is 0 Å². The van der Waals surface area contributed by atoms with Gasteiger partial charge in [-0.15, -0.1) is 0 Å². The molecule has 0 unspecified atom stereocenters. The van der Waals surface area contributed by atoms with E-state index in [4.69, 9.17) is 5.14 Å². The lowest BCUT2D eigenvalue weighted by Gasteiger charge is -2.37. The molecule has 0 aromatic carbocycles. The minimum Gasteiger partial charge on any atom is -0.295 e. The average Bonchev–Trinajstić information content (AvgIpc) is 2.10. The van der Waals surface area contributed by atoms with Crippen LogP contribution in [0.2, 0.25) is 0 Å². The summed E-state index contributed by atoms with van der Waals surface area (Å²) >= 11 is 0. The summed E-state index contributed by atoms with van der Waals surface area (Å²) in [6.07, 6.45) is 1.73. The second kappa shape index (κ2) is 3.88. The molecule has 1 aromatic heterocycles. The summed E-state index contributed by atoms with van der Waals surface area (Å²) in [7, 11) is -3.35. The van der Waals surface area contributed by atoms with E-state index in [0.717, 1.165) is 5.69 Å². The molecule has 0 bridgehead atoms. The molecular formula is C9H13N3O2S. The van der Waals surface area contributed by atoms with Crippen LogP contribution in [0.25, 0.3) is 0 Å². The maximum absolute atomic E-state index is 10.9. The van der Waals surface area contributed by atoms with Crippen LogP contribution < -0.4 is 5.14 Å². The number of likely N-dealkylation sites (tertiary alicyclic amines) is 1. The smallest absolute Gasteiger partial charge is 0.214 e. The van der Waals surface area contributed by atoms with Gasteiger partial charge in [-0.3, -0.25) is 9.88 Å². The molecule has 15 heavy (non-hydrogen) atoms. The Labute approximate surface area is 89.0 Å². The standard InChI is InChI=1S/C9H13N3O2S/c10-15(13,14)9-6-12(7-9)5-8-3-1-2-4-11-8/h1-4,9H,5-7H2,(H2,10,13,14). The summed E-state index contributed by atoms with van der Waals surface area (Å²) in [6.45, 7) is 1.71. The van der Waals surface area contributed by atoms with Gasteiger partial charge in [0.05, 0.1) is 5.69 Å². The number of hydrogen-bond acceptors (Lipinski definition) is 4. The molecule has 1 aliphatic rings. The monoisotopic (exact) mass is 227 g/mol. The highest BCUT2D eigenvalue weighted by molar-refractivity contribution is 7.89. The second-order valence-corrected chi connectivity index (χ2v) is 5.57. The van der Waals surface area contributed by atoms with Gasteiger partial charge in [-0.05, 0) is 12.1 Å². The molecule has 0 saturated carbocycles. The molecule has 0 atom stereocenters. The highest BCUT2D eigenvalue weighted by atomic mass is 32.2. The highest BCUT2D eigenvalue weighted by Gasteiger charge is 2.34. The summed E-state index contributed by atoms with van der Waals surface area (Å²) in [5.41, 5.74) is 0.949. The molecule has 1 fully saturated rings. The van der Waals surface area contributed by atoms with Crippen molar-refractivity contribution in [3.63, 3.8) is 0 Å². The maximum Gasteiger partial charge on any atom is 0.214 e. The third-order valence-corrected chi connectivity index (χ3v) is 3.73. The minimum atomic E-state index is -3.35. The number of pyridine rings is 1. The summed E-state index contributed by atoms with van der Waals surface area (Å²) in [4.78, 5) is 6.18. The predicted molar refractivity (Wildman–Crippen MR) is 56.4 cm³/mol. The number of nitrogens with two attached hydrogens (primary N) is 1. The lowest BCUT2D eigenvalue weighted by atomic mass is 10.2. The SMILES string of the molecule is NS(=O)(=O)C1CN(Cc2ccccn2)C1. The number of primary sulfonamides is 1. The van der Waals surface area contributed by atoms with E-state index in [2.05, 4.69) is 4.98 Å². The van der Waals surface area contributed by atoms with Crippen molar-refractivity contribution in [1.29, 1.82) is 0 Å². The Balaban J connectivity index is 1.87. The fourth-order valence-electron chi connectivity index (χ4n) is 1.58. The first kappa shape index (κ1) is 10.5. The molecule has 1 saturated heterocycles. The van der Waals surface area contributed by atoms with Gasteiger partial charge in [-0.1, -0.05) is 6.07 Å². The molecular weight excluding hydrogens is 214 g/mol. The zero-order valence-corrected chi connectivity index (χ0v) is 9.02. The molecule has 5 nitrogen and oxygen atoms in total. The van der Waals surface area contributed by atoms with Crippen LogP contribution in [0.5, 0.6) is 0 Å². The van der Waals surface area contributed by atoms with Crippen LogP contribution in [-0.4, -0.2) is 36.6 Å². The van der Waals surface area contributed by atoms with E-state index in [1.165, 1.54) is 0 Å². The largest absolute Gasteiger partial charge is 0.295 e. The summed E-state index contributed by atoms with van der Waals surface area (Å²) in [5.74, 6) is 0. The summed E-state index contributed by atoms with van der Waals surface area (Å²) in [5, 5.41) is 4.62. The van der Waals surface area contributed by atoms with E-state index < -0.39 is 15.3 Å². The highest BCUT2D eigenvalue weighted by Crippen LogP contribution is 2.16. The summed E-state index contributed by atoms with van der Waals surface area (Å²) in [6, 6.07) is 5.69. The summed E-state index contributed by atoms with van der Waals surface area (Å²) < 4.78 is 21.9. The van der Waals surface area contributed by atoms with Crippen LogP contribution in [0.15, 0.2) is 24.4 Å². The number of rotatable bonds is 3. The quantitative estimate of drug-likeness (QED) is 0.759. The Morgan fingerprint density at radius 2 is 2.20 bits per heavy atom. The van der Waals surface area contributed by atoms with E-state index in [1.807, 2.05) is 23.1 Å². The number of sulfonamides is 1. The Kier molecular flexibility index (Phi) is 2.72.